The maximum atomic E-state index is 13.0. The van der Waals surface area contributed by atoms with E-state index in [0.29, 0.717) is 26.1 Å². The zero-order valence-electron chi connectivity index (χ0n) is 18.0. The zero-order chi connectivity index (χ0) is 21.4. The first kappa shape index (κ1) is 19.8. The number of benzene rings is 2. The highest BCUT2D eigenvalue weighted by Crippen LogP contribution is 2.36. The number of hydrogen-bond acceptors (Lipinski definition) is 4. The van der Waals surface area contributed by atoms with Crippen molar-refractivity contribution in [2.75, 3.05) is 20.2 Å². The van der Waals surface area contributed by atoms with Gasteiger partial charge in [0, 0.05) is 12.1 Å². The average Bonchev–Trinajstić information content (AvgIpc) is 3.40. The number of likely N-dealkylation sites (tertiary alicyclic amines) is 1. The maximum absolute atomic E-state index is 13.0. The number of hydrogen-bond donors (Lipinski definition) is 0. The quantitative estimate of drug-likeness (QED) is 0.651. The molecule has 1 unspecified atom stereocenters. The second-order valence-electron chi connectivity index (χ2n) is 8.52. The maximum Gasteiger partial charge on any atom is 0.227 e. The van der Waals surface area contributed by atoms with Gasteiger partial charge in [-0.2, -0.15) is 0 Å². The highest BCUT2D eigenvalue weighted by atomic mass is 16.5. The van der Waals surface area contributed by atoms with Gasteiger partial charge >= 0.3 is 0 Å². The molecular formula is C25H27N3O3. The van der Waals surface area contributed by atoms with Gasteiger partial charge in [-0.15, -0.1) is 0 Å². The number of aromatic nitrogens is 2. The van der Waals surface area contributed by atoms with Crippen LogP contribution in [0.2, 0.25) is 0 Å². The Labute approximate surface area is 182 Å². The molecule has 31 heavy (non-hydrogen) atoms. The molecule has 0 radical (unpaired) electrons. The molecule has 1 saturated heterocycles. The first-order valence-electron chi connectivity index (χ1n) is 10.7. The van der Waals surface area contributed by atoms with Crippen LogP contribution >= 0.6 is 0 Å². The van der Waals surface area contributed by atoms with Crippen molar-refractivity contribution >= 4 is 5.91 Å². The molecule has 2 aliphatic heterocycles. The fourth-order valence-corrected chi connectivity index (χ4v) is 4.66. The van der Waals surface area contributed by atoms with Gasteiger partial charge in [0.25, 0.3) is 0 Å². The molecule has 1 fully saturated rings. The number of amides is 1. The van der Waals surface area contributed by atoms with E-state index in [1.54, 1.807) is 7.11 Å². The van der Waals surface area contributed by atoms with E-state index in [4.69, 9.17) is 9.47 Å². The van der Waals surface area contributed by atoms with Gasteiger partial charge in [-0.3, -0.25) is 4.79 Å². The van der Waals surface area contributed by atoms with Crippen LogP contribution in [0.15, 0.2) is 54.7 Å². The second kappa shape index (κ2) is 7.85. The summed E-state index contributed by atoms with van der Waals surface area (Å²) < 4.78 is 13.9. The van der Waals surface area contributed by atoms with Crippen molar-refractivity contribution in [2.24, 2.45) is 0 Å². The van der Waals surface area contributed by atoms with Crippen LogP contribution in [0.4, 0.5) is 0 Å². The smallest absolute Gasteiger partial charge is 0.227 e. The third-order valence-electron chi connectivity index (χ3n) is 6.53. The van der Waals surface area contributed by atoms with E-state index >= 15 is 0 Å². The monoisotopic (exact) mass is 417 g/mol. The molecule has 1 amide bonds. The first-order chi connectivity index (χ1) is 15.1. The third-order valence-corrected chi connectivity index (χ3v) is 6.53. The lowest BCUT2D eigenvalue weighted by atomic mass is 10.0. The normalized spacial score (nSPS) is 20.1. The van der Waals surface area contributed by atoms with Crippen LogP contribution < -0.4 is 4.74 Å². The standard InChI is InChI=1S/C25H27N3O3/c1-18-6-3-4-7-19(18)13-24(29)27-11-10-25(16-27)17-28-22(14-26-23(28)15-31-25)20-8-5-9-21(12-20)30-2/h3-9,12,14H,10-11,13,15-17H2,1-2H3. The van der Waals surface area contributed by atoms with Crippen molar-refractivity contribution in [3.63, 3.8) is 0 Å². The van der Waals surface area contributed by atoms with Gasteiger partial charge in [0.1, 0.15) is 23.8 Å². The van der Waals surface area contributed by atoms with Crippen molar-refractivity contribution in [1.29, 1.82) is 0 Å². The van der Waals surface area contributed by atoms with Crippen LogP contribution in [-0.2, 0) is 29.1 Å². The predicted molar refractivity (Wildman–Crippen MR) is 118 cm³/mol. The molecule has 0 aliphatic carbocycles. The van der Waals surface area contributed by atoms with Gasteiger partial charge in [-0.25, -0.2) is 4.98 Å². The highest BCUT2D eigenvalue weighted by Gasteiger charge is 2.44. The fraction of sp³-hybridized carbons (Fsp3) is 0.360. The number of carbonyl (C=O) groups is 1. The summed E-state index contributed by atoms with van der Waals surface area (Å²) in [6.45, 7) is 4.56. The van der Waals surface area contributed by atoms with Crippen molar-refractivity contribution in [3.8, 4) is 17.0 Å². The van der Waals surface area contributed by atoms with E-state index in [-0.39, 0.29) is 11.5 Å². The SMILES string of the molecule is COc1cccc(-c2cnc3n2CC2(CCN(C(=O)Cc4ccccc4C)C2)OC3)c1. The summed E-state index contributed by atoms with van der Waals surface area (Å²) in [6.07, 6.45) is 3.18. The van der Waals surface area contributed by atoms with Gasteiger partial charge in [-0.05, 0) is 36.6 Å². The van der Waals surface area contributed by atoms with Gasteiger partial charge in [0.05, 0.1) is 38.5 Å². The van der Waals surface area contributed by atoms with Gasteiger partial charge in [0.2, 0.25) is 5.91 Å². The van der Waals surface area contributed by atoms with Crippen molar-refractivity contribution < 1.29 is 14.3 Å². The molecule has 160 valence electrons. The number of ether oxygens (including phenoxy) is 2. The Bertz CT molecular complexity index is 1120. The molecule has 6 nitrogen and oxygen atoms in total. The largest absolute Gasteiger partial charge is 0.497 e. The summed E-state index contributed by atoms with van der Waals surface area (Å²) >= 11 is 0. The fourth-order valence-electron chi connectivity index (χ4n) is 4.66. The number of rotatable bonds is 4. The van der Waals surface area contributed by atoms with Crippen LogP contribution in [0.25, 0.3) is 11.3 Å². The molecule has 0 saturated carbocycles. The van der Waals surface area contributed by atoms with E-state index in [1.165, 1.54) is 0 Å². The second-order valence-corrected chi connectivity index (χ2v) is 8.52. The first-order valence-corrected chi connectivity index (χ1v) is 10.7. The van der Waals surface area contributed by atoms with E-state index in [9.17, 15) is 4.79 Å². The molecule has 3 heterocycles. The molecule has 1 atom stereocenters. The number of carbonyl (C=O) groups excluding carboxylic acids is 1. The summed E-state index contributed by atoms with van der Waals surface area (Å²) in [5, 5.41) is 0. The number of imidazole rings is 1. The van der Waals surface area contributed by atoms with Crippen molar-refractivity contribution in [3.05, 3.63) is 71.7 Å². The van der Waals surface area contributed by atoms with Crippen LogP contribution in [0.3, 0.4) is 0 Å². The highest BCUT2D eigenvalue weighted by molar-refractivity contribution is 5.79. The predicted octanol–water partition coefficient (Wildman–Crippen LogP) is 3.61. The lowest BCUT2D eigenvalue weighted by molar-refractivity contribution is -0.132. The van der Waals surface area contributed by atoms with E-state index in [1.807, 2.05) is 47.5 Å². The number of fused-ring (bicyclic) bond motifs is 1. The Kier molecular flexibility index (Phi) is 5.02. The summed E-state index contributed by atoms with van der Waals surface area (Å²) in [7, 11) is 1.68. The van der Waals surface area contributed by atoms with Gasteiger partial charge in [0.15, 0.2) is 0 Å². The number of nitrogens with zero attached hydrogens (tertiary/aromatic N) is 3. The minimum atomic E-state index is -0.358. The number of aryl methyl sites for hydroxylation is 1. The topological polar surface area (TPSA) is 56.6 Å². The average molecular weight is 418 g/mol. The van der Waals surface area contributed by atoms with Crippen LogP contribution in [-0.4, -0.2) is 46.2 Å². The lowest BCUT2D eigenvalue weighted by Gasteiger charge is -2.35. The Hall–Kier alpha value is -3.12. The molecule has 3 aromatic rings. The zero-order valence-corrected chi connectivity index (χ0v) is 18.0. The molecule has 1 aromatic heterocycles. The minimum absolute atomic E-state index is 0.166. The summed E-state index contributed by atoms with van der Waals surface area (Å²) in [5.41, 5.74) is 4.02. The van der Waals surface area contributed by atoms with Crippen LogP contribution in [0, 0.1) is 6.92 Å². The van der Waals surface area contributed by atoms with E-state index < -0.39 is 0 Å². The molecule has 5 rings (SSSR count). The molecule has 6 heteroatoms. The minimum Gasteiger partial charge on any atom is -0.497 e. The summed E-state index contributed by atoms with van der Waals surface area (Å²) in [4.78, 5) is 19.5. The van der Waals surface area contributed by atoms with E-state index in [0.717, 1.165) is 46.9 Å². The van der Waals surface area contributed by atoms with Crippen LogP contribution in [0.5, 0.6) is 5.75 Å². The Morgan fingerprint density at radius 1 is 1.19 bits per heavy atom. The third kappa shape index (κ3) is 3.72. The van der Waals surface area contributed by atoms with Crippen LogP contribution in [0.1, 0.15) is 23.4 Å². The summed E-state index contributed by atoms with van der Waals surface area (Å²) in [6, 6.07) is 16.1. The summed E-state index contributed by atoms with van der Waals surface area (Å²) in [5.74, 6) is 1.91. The number of methoxy groups -OCH3 is 1. The Morgan fingerprint density at radius 3 is 2.90 bits per heavy atom. The van der Waals surface area contributed by atoms with Crippen molar-refractivity contribution in [2.45, 2.75) is 38.5 Å². The lowest BCUT2D eigenvalue weighted by Crippen LogP contribution is -2.45. The molecule has 1 spiro atoms. The van der Waals surface area contributed by atoms with E-state index in [2.05, 4.69) is 28.6 Å². The molecule has 2 aromatic carbocycles. The van der Waals surface area contributed by atoms with Gasteiger partial charge in [-0.1, -0.05) is 36.4 Å². The van der Waals surface area contributed by atoms with Gasteiger partial charge < -0.3 is 18.9 Å². The molecule has 0 N–H and O–H groups in total. The molecule has 2 aliphatic rings. The molecule has 0 bridgehead atoms. The Balaban J connectivity index is 1.34. The molecular weight excluding hydrogens is 390 g/mol. The Morgan fingerprint density at radius 2 is 2.06 bits per heavy atom. The van der Waals surface area contributed by atoms with Crippen molar-refractivity contribution in [1.82, 2.24) is 14.5 Å².